The summed E-state index contributed by atoms with van der Waals surface area (Å²) in [5.41, 5.74) is 0.336. The number of ketones is 1. The van der Waals surface area contributed by atoms with Gasteiger partial charge in [0.2, 0.25) is 5.91 Å². The van der Waals surface area contributed by atoms with Crippen LogP contribution < -0.4 is 0 Å². The summed E-state index contributed by atoms with van der Waals surface area (Å²) in [6.07, 6.45) is 11.0. The molecule has 2 N–H and O–H groups in total. The molecule has 1 amide bonds. The van der Waals surface area contributed by atoms with Gasteiger partial charge >= 0.3 is 0 Å². The molecular weight excluding hydrogens is 582 g/mol. The van der Waals surface area contributed by atoms with E-state index in [2.05, 4.69) is 34.6 Å². The molecule has 8 aliphatic rings. The Morgan fingerprint density at radius 3 is 2.43 bits per heavy atom. The average molecular weight is 642 g/mol. The molecular formula is C38H59NO7. The predicted molar refractivity (Wildman–Crippen MR) is 171 cm³/mol. The Morgan fingerprint density at radius 2 is 1.70 bits per heavy atom. The highest BCUT2D eigenvalue weighted by Crippen LogP contribution is 2.89. The minimum atomic E-state index is -0.546. The highest BCUT2D eigenvalue weighted by molar-refractivity contribution is 5.79. The van der Waals surface area contributed by atoms with Crippen LogP contribution >= 0.6 is 0 Å². The third kappa shape index (κ3) is 4.34. The number of fused-ring (bicyclic) bond motifs is 4. The topological polar surface area (TPSA) is 106 Å². The Morgan fingerprint density at radius 1 is 0.957 bits per heavy atom. The lowest BCUT2D eigenvalue weighted by atomic mass is 9.41. The maximum absolute atomic E-state index is 12.9. The second kappa shape index (κ2) is 10.7. The summed E-state index contributed by atoms with van der Waals surface area (Å²) in [6, 6.07) is 0. The molecule has 0 aromatic heterocycles. The Kier molecular flexibility index (Phi) is 7.49. The lowest BCUT2D eigenvalue weighted by Gasteiger charge is -2.64. The molecule has 0 bridgehead atoms. The van der Waals surface area contributed by atoms with E-state index in [1.54, 1.807) is 0 Å². The van der Waals surface area contributed by atoms with Gasteiger partial charge < -0.3 is 29.3 Å². The number of nitrogens with zero attached hydrogens (tertiary/aromatic N) is 1. The lowest BCUT2D eigenvalue weighted by Crippen LogP contribution is -2.60. The van der Waals surface area contributed by atoms with Gasteiger partial charge in [-0.3, -0.25) is 9.59 Å². The van der Waals surface area contributed by atoms with Gasteiger partial charge in [-0.05, 0) is 115 Å². The third-order valence-electron chi connectivity index (χ3n) is 16.3. The smallest absolute Gasteiger partial charge is 0.223 e. The van der Waals surface area contributed by atoms with E-state index in [1.807, 2.05) is 4.90 Å². The van der Waals surface area contributed by atoms with Crippen LogP contribution in [0, 0.1) is 56.7 Å². The molecule has 46 heavy (non-hydrogen) atoms. The fraction of sp³-hybridized carbons (Fsp3) is 0.947. The third-order valence-corrected chi connectivity index (χ3v) is 16.3. The molecule has 2 heterocycles. The molecule has 13 atom stereocenters. The molecule has 258 valence electrons. The van der Waals surface area contributed by atoms with Gasteiger partial charge in [-0.2, -0.15) is 0 Å². The number of amides is 1. The molecule has 6 aliphatic carbocycles. The Labute approximate surface area is 275 Å². The number of hydrogen-bond donors (Lipinski definition) is 2. The zero-order chi connectivity index (χ0) is 32.4. The second-order valence-electron chi connectivity index (χ2n) is 18.5. The van der Waals surface area contributed by atoms with Gasteiger partial charge in [-0.15, -0.1) is 0 Å². The van der Waals surface area contributed by atoms with Crippen LogP contribution in [0.25, 0.3) is 0 Å². The van der Waals surface area contributed by atoms with Crippen molar-refractivity contribution in [1.82, 2.24) is 4.90 Å². The van der Waals surface area contributed by atoms with Gasteiger partial charge in [0.25, 0.3) is 0 Å². The molecule has 2 saturated heterocycles. The lowest BCUT2D eigenvalue weighted by molar-refractivity contribution is -0.248. The molecule has 2 spiro atoms. The van der Waals surface area contributed by atoms with Gasteiger partial charge in [0.05, 0.1) is 37.6 Å². The van der Waals surface area contributed by atoms with Crippen LogP contribution in [0.4, 0.5) is 0 Å². The summed E-state index contributed by atoms with van der Waals surface area (Å²) in [5.74, 6) is 2.36. The second-order valence-corrected chi connectivity index (χ2v) is 18.5. The van der Waals surface area contributed by atoms with Gasteiger partial charge in [0.1, 0.15) is 6.61 Å². The molecule has 8 fully saturated rings. The molecule has 8 heteroatoms. The van der Waals surface area contributed by atoms with Crippen molar-refractivity contribution < 1.29 is 34.0 Å². The first-order valence-electron chi connectivity index (χ1n) is 18.8. The molecule has 8 nitrogen and oxygen atoms in total. The SMILES string of the molecule is C[C@@H]1CC(CC(=O)CO)OC2[C@H]1C1(C)CCC34CC35CCC(O[C@H]3CN(C(=O)CC6CC6)CCO3)C(C)(C)C5CCC4[C@]1(C)[C@H]2O. The first-order valence-corrected chi connectivity index (χ1v) is 18.8. The molecule has 0 radical (unpaired) electrons. The Bertz CT molecular complexity index is 1250. The van der Waals surface area contributed by atoms with E-state index in [1.165, 1.54) is 32.1 Å². The summed E-state index contributed by atoms with van der Waals surface area (Å²) < 4.78 is 19.6. The van der Waals surface area contributed by atoms with E-state index in [-0.39, 0.29) is 70.3 Å². The zero-order valence-corrected chi connectivity index (χ0v) is 29.0. The van der Waals surface area contributed by atoms with E-state index < -0.39 is 12.7 Å². The highest BCUT2D eigenvalue weighted by Gasteiger charge is 2.84. The van der Waals surface area contributed by atoms with Crippen LogP contribution in [0.5, 0.6) is 0 Å². The van der Waals surface area contributed by atoms with Crippen LogP contribution in [0.3, 0.4) is 0 Å². The average Bonchev–Trinajstić information content (AvgIpc) is 3.94. The fourth-order valence-corrected chi connectivity index (χ4v) is 13.9. The number of rotatable bonds is 7. The summed E-state index contributed by atoms with van der Waals surface area (Å²) in [5, 5.41) is 21.7. The number of hydrogen-bond acceptors (Lipinski definition) is 7. The molecule has 8 unspecified atom stereocenters. The summed E-state index contributed by atoms with van der Waals surface area (Å²) >= 11 is 0. The van der Waals surface area contributed by atoms with Crippen molar-refractivity contribution >= 4 is 11.7 Å². The first kappa shape index (κ1) is 32.2. The molecule has 2 aliphatic heterocycles. The van der Waals surface area contributed by atoms with Crippen LogP contribution in [0.2, 0.25) is 0 Å². The maximum Gasteiger partial charge on any atom is 0.223 e. The first-order chi connectivity index (χ1) is 21.8. The maximum atomic E-state index is 12.9. The van der Waals surface area contributed by atoms with Crippen molar-refractivity contribution in [3.8, 4) is 0 Å². The van der Waals surface area contributed by atoms with Crippen LogP contribution in [0.15, 0.2) is 0 Å². The molecule has 6 saturated carbocycles. The molecule has 8 rings (SSSR count). The zero-order valence-electron chi connectivity index (χ0n) is 29.0. The van der Waals surface area contributed by atoms with Crippen molar-refractivity contribution in [2.45, 2.75) is 142 Å². The van der Waals surface area contributed by atoms with E-state index >= 15 is 0 Å². The summed E-state index contributed by atoms with van der Waals surface area (Å²) in [4.78, 5) is 27.0. The normalized spacial score (nSPS) is 52.1. The molecule has 0 aromatic rings. The number of aliphatic hydroxyl groups excluding tert-OH is 2. The van der Waals surface area contributed by atoms with Gasteiger partial charge in [-0.25, -0.2) is 0 Å². The van der Waals surface area contributed by atoms with Crippen molar-refractivity contribution in [3.63, 3.8) is 0 Å². The predicted octanol–water partition coefficient (Wildman–Crippen LogP) is 5.12. The number of ether oxygens (including phenoxy) is 3. The van der Waals surface area contributed by atoms with Crippen LogP contribution in [-0.4, -0.2) is 83.8 Å². The summed E-state index contributed by atoms with van der Waals surface area (Å²) in [7, 11) is 0. The molecule has 0 aromatic carbocycles. The van der Waals surface area contributed by atoms with Crippen molar-refractivity contribution in [1.29, 1.82) is 0 Å². The monoisotopic (exact) mass is 641 g/mol. The number of aliphatic hydroxyl groups is 2. The van der Waals surface area contributed by atoms with Crippen molar-refractivity contribution in [3.05, 3.63) is 0 Å². The van der Waals surface area contributed by atoms with Crippen molar-refractivity contribution in [2.24, 2.45) is 56.7 Å². The van der Waals surface area contributed by atoms with E-state index in [0.717, 1.165) is 32.1 Å². The minimum Gasteiger partial charge on any atom is -0.390 e. The van der Waals surface area contributed by atoms with Crippen LogP contribution in [-0.2, 0) is 23.8 Å². The summed E-state index contributed by atoms with van der Waals surface area (Å²) in [6.45, 7) is 13.4. The fourth-order valence-electron chi connectivity index (χ4n) is 13.9. The largest absolute Gasteiger partial charge is 0.390 e. The minimum absolute atomic E-state index is 0.00437. The Hall–Kier alpha value is -1.06. The standard InChI is InChI=1S/C38H59NO7/c1-22-16-25(18-24(41)20-40)45-32-31(22)35(4)12-13-38-21-37(38)11-10-28(34(2,3)26(37)8-9-27(38)36(35,5)33(32)43)46-30-19-39(14-15-44-30)29(42)17-23-6-7-23/h22-23,25-28,30-33,40,43H,6-21H2,1-5H3/t22-,25?,26?,27?,28?,30+,31+,32?,33+,35?,36-,37?,38?/m1/s1. The number of carbonyl (C=O) groups is 2. The van der Waals surface area contributed by atoms with E-state index in [4.69, 9.17) is 14.2 Å². The van der Waals surface area contributed by atoms with Gasteiger partial charge in [0, 0.05) is 24.8 Å². The van der Waals surface area contributed by atoms with Crippen molar-refractivity contribution in [2.75, 3.05) is 26.3 Å². The number of morpholine rings is 1. The number of carbonyl (C=O) groups excluding carboxylic acids is 2. The quantitative estimate of drug-likeness (QED) is 0.398. The van der Waals surface area contributed by atoms with Gasteiger partial charge in [0.15, 0.2) is 12.1 Å². The Balaban J connectivity index is 0.999. The van der Waals surface area contributed by atoms with Crippen LogP contribution in [0.1, 0.15) is 112 Å². The van der Waals surface area contributed by atoms with Gasteiger partial charge in [-0.1, -0.05) is 34.6 Å². The van der Waals surface area contributed by atoms with E-state index in [0.29, 0.717) is 55.2 Å². The number of Topliss-reactive ketones (excluding diaryl/α,β-unsaturated/α-hetero) is 1. The highest BCUT2D eigenvalue weighted by atomic mass is 16.7. The van der Waals surface area contributed by atoms with E-state index in [9.17, 15) is 19.8 Å².